The molecule has 1 amide bonds. The summed E-state index contributed by atoms with van der Waals surface area (Å²) in [5.74, 6) is 0.996. The Morgan fingerprint density at radius 1 is 1.11 bits per heavy atom. The molecule has 1 aromatic carbocycles. The standard InChI is InChI=1S/C21H25N5OS/c1-5-26-19(15-10-12-22-13-11-15)24-25-20(26)28-14-18(27)23-17-9-7-6-8-16(17)21(2,3)4/h6-13H,5,14H2,1-4H3,(H,23,27). The Morgan fingerprint density at radius 3 is 2.50 bits per heavy atom. The van der Waals surface area contributed by atoms with Crippen molar-refractivity contribution >= 4 is 23.4 Å². The van der Waals surface area contributed by atoms with E-state index in [9.17, 15) is 4.79 Å². The zero-order valence-electron chi connectivity index (χ0n) is 16.6. The molecular weight excluding hydrogens is 370 g/mol. The van der Waals surface area contributed by atoms with E-state index < -0.39 is 0 Å². The Balaban J connectivity index is 1.70. The first-order chi connectivity index (χ1) is 13.4. The summed E-state index contributed by atoms with van der Waals surface area (Å²) in [4.78, 5) is 16.6. The van der Waals surface area contributed by atoms with Crippen LogP contribution in [0.2, 0.25) is 0 Å². The van der Waals surface area contributed by atoms with Crippen LogP contribution in [0.3, 0.4) is 0 Å². The van der Waals surface area contributed by atoms with Crippen LogP contribution in [-0.4, -0.2) is 31.4 Å². The average molecular weight is 396 g/mol. The fraction of sp³-hybridized carbons (Fsp3) is 0.333. The lowest BCUT2D eigenvalue weighted by Crippen LogP contribution is -2.20. The molecule has 0 aliphatic heterocycles. The summed E-state index contributed by atoms with van der Waals surface area (Å²) in [6.07, 6.45) is 3.47. The minimum absolute atomic E-state index is 0.0428. The van der Waals surface area contributed by atoms with Gasteiger partial charge < -0.3 is 9.88 Å². The van der Waals surface area contributed by atoms with Crippen LogP contribution < -0.4 is 5.32 Å². The Bertz CT molecular complexity index is 947. The van der Waals surface area contributed by atoms with Gasteiger partial charge >= 0.3 is 0 Å². The van der Waals surface area contributed by atoms with Crippen molar-refractivity contribution in [2.24, 2.45) is 0 Å². The highest BCUT2D eigenvalue weighted by Crippen LogP contribution is 2.29. The van der Waals surface area contributed by atoms with Crippen LogP contribution in [0.5, 0.6) is 0 Å². The van der Waals surface area contributed by atoms with Gasteiger partial charge in [0.2, 0.25) is 5.91 Å². The highest BCUT2D eigenvalue weighted by Gasteiger charge is 2.19. The number of hydrogen-bond acceptors (Lipinski definition) is 5. The number of aromatic nitrogens is 4. The third-order valence-electron chi connectivity index (χ3n) is 4.31. The number of hydrogen-bond donors (Lipinski definition) is 1. The van der Waals surface area contributed by atoms with Crippen LogP contribution in [-0.2, 0) is 16.8 Å². The van der Waals surface area contributed by atoms with Crippen LogP contribution >= 0.6 is 11.8 Å². The molecule has 0 bridgehead atoms. The molecule has 0 saturated carbocycles. The fourth-order valence-corrected chi connectivity index (χ4v) is 3.76. The SMILES string of the molecule is CCn1c(SCC(=O)Nc2ccccc2C(C)(C)C)nnc1-c1ccncc1. The summed E-state index contributed by atoms with van der Waals surface area (Å²) in [6, 6.07) is 11.7. The van der Waals surface area contributed by atoms with Gasteiger partial charge in [-0.1, -0.05) is 50.7 Å². The molecule has 6 nitrogen and oxygen atoms in total. The van der Waals surface area contributed by atoms with Crippen LogP contribution in [0, 0.1) is 0 Å². The first kappa shape index (κ1) is 20.1. The highest BCUT2D eigenvalue weighted by atomic mass is 32.2. The third kappa shape index (κ3) is 4.59. The quantitative estimate of drug-likeness (QED) is 0.627. The van der Waals surface area contributed by atoms with Crippen molar-refractivity contribution in [3.8, 4) is 11.4 Å². The van der Waals surface area contributed by atoms with Gasteiger partial charge in [0, 0.05) is 30.2 Å². The average Bonchev–Trinajstić information content (AvgIpc) is 3.09. The van der Waals surface area contributed by atoms with E-state index in [2.05, 4.69) is 47.3 Å². The summed E-state index contributed by atoms with van der Waals surface area (Å²) in [5.41, 5.74) is 2.89. The largest absolute Gasteiger partial charge is 0.325 e. The molecule has 2 aromatic heterocycles. The maximum absolute atomic E-state index is 12.5. The molecule has 2 heterocycles. The van der Waals surface area contributed by atoms with E-state index in [1.54, 1.807) is 12.4 Å². The molecule has 3 aromatic rings. The molecule has 0 atom stereocenters. The number of carbonyl (C=O) groups excluding carboxylic acids is 1. The van der Waals surface area contributed by atoms with Crippen LogP contribution in [0.4, 0.5) is 5.69 Å². The van der Waals surface area contributed by atoms with Crippen LogP contribution in [0.1, 0.15) is 33.3 Å². The fourth-order valence-electron chi connectivity index (χ4n) is 2.96. The molecule has 7 heteroatoms. The number of nitrogens with one attached hydrogen (secondary N) is 1. The summed E-state index contributed by atoms with van der Waals surface area (Å²) >= 11 is 1.39. The summed E-state index contributed by atoms with van der Waals surface area (Å²) < 4.78 is 2.01. The van der Waals surface area contributed by atoms with Gasteiger partial charge in [0.05, 0.1) is 5.75 Å². The lowest BCUT2D eigenvalue weighted by atomic mass is 9.86. The Hall–Kier alpha value is -2.67. The van der Waals surface area contributed by atoms with Gasteiger partial charge in [0.25, 0.3) is 0 Å². The summed E-state index contributed by atoms with van der Waals surface area (Å²) in [5, 5.41) is 12.3. The molecule has 0 unspecified atom stereocenters. The van der Waals surface area contributed by atoms with Gasteiger partial charge in [-0.3, -0.25) is 9.78 Å². The van der Waals surface area contributed by atoms with Gasteiger partial charge in [-0.2, -0.15) is 0 Å². The predicted octanol–water partition coefficient (Wildman–Crippen LogP) is 4.39. The van der Waals surface area contributed by atoms with E-state index in [1.807, 2.05) is 41.8 Å². The predicted molar refractivity (Wildman–Crippen MR) is 113 cm³/mol. The second kappa shape index (κ2) is 8.56. The van der Waals surface area contributed by atoms with E-state index in [-0.39, 0.29) is 17.1 Å². The van der Waals surface area contributed by atoms with Crippen molar-refractivity contribution in [3.05, 3.63) is 54.4 Å². The maximum Gasteiger partial charge on any atom is 0.234 e. The molecule has 0 spiro atoms. The van der Waals surface area contributed by atoms with Gasteiger partial charge in [0.15, 0.2) is 11.0 Å². The normalized spacial score (nSPS) is 11.4. The lowest BCUT2D eigenvalue weighted by Gasteiger charge is -2.22. The second-order valence-electron chi connectivity index (χ2n) is 7.42. The lowest BCUT2D eigenvalue weighted by molar-refractivity contribution is -0.113. The van der Waals surface area contributed by atoms with Crippen LogP contribution in [0.25, 0.3) is 11.4 Å². The number of benzene rings is 1. The van der Waals surface area contributed by atoms with Crippen molar-refractivity contribution in [1.82, 2.24) is 19.7 Å². The number of carbonyl (C=O) groups is 1. The molecule has 3 rings (SSSR count). The Kier molecular flexibility index (Phi) is 6.14. The smallest absolute Gasteiger partial charge is 0.234 e. The molecule has 1 N–H and O–H groups in total. The van der Waals surface area contributed by atoms with Crippen molar-refractivity contribution in [2.75, 3.05) is 11.1 Å². The molecule has 0 radical (unpaired) electrons. The molecular formula is C21H25N5OS. The first-order valence-corrected chi connectivity index (χ1v) is 10.2. The Morgan fingerprint density at radius 2 is 1.82 bits per heavy atom. The van der Waals surface area contributed by atoms with E-state index in [4.69, 9.17) is 0 Å². The topological polar surface area (TPSA) is 72.7 Å². The second-order valence-corrected chi connectivity index (χ2v) is 8.36. The van der Waals surface area contributed by atoms with Crippen molar-refractivity contribution in [2.45, 2.75) is 44.8 Å². The molecule has 0 aliphatic rings. The number of para-hydroxylation sites is 1. The van der Waals surface area contributed by atoms with E-state index in [0.717, 1.165) is 34.3 Å². The van der Waals surface area contributed by atoms with Gasteiger partial charge in [0.1, 0.15) is 0 Å². The van der Waals surface area contributed by atoms with Crippen molar-refractivity contribution in [1.29, 1.82) is 0 Å². The zero-order chi connectivity index (χ0) is 20.1. The monoisotopic (exact) mass is 395 g/mol. The number of nitrogens with zero attached hydrogens (tertiary/aromatic N) is 4. The molecule has 146 valence electrons. The number of anilines is 1. The van der Waals surface area contributed by atoms with Gasteiger partial charge in [-0.05, 0) is 36.1 Å². The molecule has 0 saturated heterocycles. The third-order valence-corrected chi connectivity index (χ3v) is 5.28. The van der Waals surface area contributed by atoms with E-state index in [0.29, 0.717) is 0 Å². The minimum Gasteiger partial charge on any atom is -0.325 e. The van der Waals surface area contributed by atoms with E-state index >= 15 is 0 Å². The number of pyridine rings is 1. The number of thioether (sulfide) groups is 1. The number of rotatable bonds is 6. The maximum atomic E-state index is 12.5. The number of amides is 1. The van der Waals surface area contributed by atoms with Crippen LogP contribution in [0.15, 0.2) is 53.9 Å². The summed E-state index contributed by atoms with van der Waals surface area (Å²) in [6.45, 7) is 9.17. The molecule has 0 aliphatic carbocycles. The first-order valence-electron chi connectivity index (χ1n) is 9.26. The molecule has 28 heavy (non-hydrogen) atoms. The van der Waals surface area contributed by atoms with Gasteiger partial charge in [-0.15, -0.1) is 10.2 Å². The Labute approximate surface area is 169 Å². The van der Waals surface area contributed by atoms with Crippen molar-refractivity contribution in [3.63, 3.8) is 0 Å². The molecule has 0 fully saturated rings. The van der Waals surface area contributed by atoms with E-state index in [1.165, 1.54) is 11.8 Å². The highest BCUT2D eigenvalue weighted by molar-refractivity contribution is 7.99. The summed E-state index contributed by atoms with van der Waals surface area (Å²) in [7, 11) is 0. The minimum atomic E-state index is -0.0576. The van der Waals surface area contributed by atoms with Crippen molar-refractivity contribution < 1.29 is 4.79 Å². The zero-order valence-corrected chi connectivity index (χ0v) is 17.5. The van der Waals surface area contributed by atoms with Gasteiger partial charge in [-0.25, -0.2) is 0 Å².